The largest absolute Gasteiger partial charge is 0.305 e. The van der Waals surface area contributed by atoms with E-state index in [0.717, 1.165) is 47.5 Å². The number of nitrogens with zero attached hydrogens (tertiary/aromatic N) is 2. The fourth-order valence-electron chi connectivity index (χ4n) is 4.03. The third kappa shape index (κ3) is 9.21. The Bertz CT molecular complexity index is 1160. The predicted octanol–water partition coefficient (Wildman–Crippen LogP) is 4.15. The van der Waals surface area contributed by atoms with Gasteiger partial charge in [0.15, 0.2) is 10.3 Å². The van der Waals surface area contributed by atoms with Crippen LogP contribution in [0.5, 0.6) is 0 Å². The molecule has 1 saturated carbocycles. The molecule has 10 nitrogen and oxygen atoms in total. The van der Waals surface area contributed by atoms with Gasteiger partial charge in [-0.3, -0.25) is 41.2 Å². The average Bonchev–Trinajstić information content (AvgIpc) is 3.32. The zero-order valence-electron chi connectivity index (χ0n) is 20.4. The molecule has 0 aliphatic heterocycles. The number of nitrogens with one attached hydrogen (secondary N) is 6. The first kappa shape index (κ1) is 28.2. The summed E-state index contributed by atoms with van der Waals surface area (Å²) in [6, 6.07) is 7.10. The van der Waals surface area contributed by atoms with E-state index in [4.69, 9.17) is 21.6 Å². The minimum atomic E-state index is -0.457. The number of carbonyl (C=O) groups excluding carboxylic acids is 2. The van der Waals surface area contributed by atoms with Gasteiger partial charge in [-0.2, -0.15) is 0 Å². The Labute approximate surface area is 224 Å². The van der Waals surface area contributed by atoms with E-state index in [1.165, 1.54) is 0 Å². The van der Waals surface area contributed by atoms with Crippen LogP contribution in [0.15, 0.2) is 49.1 Å². The number of aromatic nitrogens is 2. The van der Waals surface area contributed by atoms with E-state index in [-0.39, 0.29) is 40.4 Å². The lowest BCUT2D eigenvalue weighted by Gasteiger charge is -2.15. The van der Waals surface area contributed by atoms with Crippen molar-refractivity contribution in [3.8, 4) is 0 Å². The SMILES string of the molecule is CC(C(=O)NC(=N)SC(=N)CC1CCC(C(=N)SC(=N)NC(=O)Cc2cccnc2)C1)c1cccnc1. The molecule has 1 aliphatic rings. The van der Waals surface area contributed by atoms with Gasteiger partial charge in [-0.1, -0.05) is 12.1 Å². The van der Waals surface area contributed by atoms with Gasteiger partial charge in [0, 0.05) is 30.7 Å². The Morgan fingerprint density at radius 1 is 1.00 bits per heavy atom. The summed E-state index contributed by atoms with van der Waals surface area (Å²) in [6.07, 6.45) is 9.40. The van der Waals surface area contributed by atoms with E-state index < -0.39 is 5.92 Å². The van der Waals surface area contributed by atoms with Gasteiger partial charge in [-0.25, -0.2) is 0 Å². The molecule has 2 amide bonds. The van der Waals surface area contributed by atoms with Crippen molar-refractivity contribution in [3.05, 3.63) is 60.2 Å². The van der Waals surface area contributed by atoms with Crippen LogP contribution in [-0.4, -0.2) is 42.2 Å². The molecule has 6 N–H and O–H groups in total. The van der Waals surface area contributed by atoms with Crippen molar-refractivity contribution >= 4 is 55.8 Å². The summed E-state index contributed by atoms with van der Waals surface area (Å²) in [7, 11) is 0. The van der Waals surface area contributed by atoms with Gasteiger partial charge in [-0.15, -0.1) is 0 Å². The second-order valence-corrected chi connectivity index (χ2v) is 11.0. The standard InChI is InChI=1S/C25H30N8O2S2/c1-15(19-5-3-9-31-14-19)23(35)33-25(29)36-20(26)11-16-6-7-18(10-16)22(27)37-24(28)32-21(34)12-17-4-2-8-30-13-17/h2-5,8-9,13-16,18,26-27H,6-7,10-12H2,1H3,(H2,28,32,34)(H2,29,33,35). The molecule has 2 aromatic rings. The fraction of sp³-hybridized carbons (Fsp3) is 0.360. The molecular formula is C25H30N8O2S2. The third-order valence-corrected chi connectivity index (χ3v) is 7.56. The highest BCUT2D eigenvalue weighted by Crippen LogP contribution is 2.37. The number of pyridine rings is 2. The van der Waals surface area contributed by atoms with Crippen molar-refractivity contribution in [2.75, 3.05) is 0 Å². The topological polar surface area (TPSA) is 179 Å². The monoisotopic (exact) mass is 538 g/mol. The van der Waals surface area contributed by atoms with Crippen molar-refractivity contribution < 1.29 is 9.59 Å². The van der Waals surface area contributed by atoms with Crippen LogP contribution in [0.1, 0.15) is 49.7 Å². The van der Waals surface area contributed by atoms with E-state index in [1.807, 2.05) is 0 Å². The minimum absolute atomic E-state index is 0.0251. The molecule has 194 valence electrons. The second-order valence-electron chi connectivity index (χ2n) is 8.81. The zero-order chi connectivity index (χ0) is 26.8. The van der Waals surface area contributed by atoms with Crippen LogP contribution >= 0.6 is 23.5 Å². The number of hydrogen-bond acceptors (Lipinski definition) is 10. The van der Waals surface area contributed by atoms with E-state index in [2.05, 4.69) is 20.6 Å². The van der Waals surface area contributed by atoms with Crippen molar-refractivity contribution in [2.24, 2.45) is 11.8 Å². The maximum atomic E-state index is 12.4. The number of amidine groups is 2. The van der Waals surface area contributed by atoms with Crippen LogP contribution in [0, 0.1) is 33.5 Å². The lowest BCUT2D eigenvalue weighted by atomic mass is 10.0. The third-order valence-electron chi connectivity index (χ3n) is 5.98. The Morgan fingerprint density at radius 3 is 2.38 bits per heavy atom. The number of rotatable bonds is 7. The molecule has 3 atom stereocenters. The maximum absolute atomic E-state index is 12.4. The first-order chi connectivity index (χ1) is 17.7. The van der Waals surface area contributed by atoms with Crippen LogP contribution in [0.25, 0.3) is 0 Å². The van der Waals surface area contributed by atoms with E-state index >= 15 is 0 Å². The highest BCUT2D eigenvalue weighted by Gasteiger charge is 2.30. The van der Waals surface area contributed by atoms with Gasteiger partial charge < -0.3 is 10.6 Å². The van der Waals surface area contributed by atoms with Gasteiger partial charge in [-0.05, 0) is 85.3 Å². The Hall–Kier alpha value is -3.38. The summed E-state index contributed by atoms with van der Waals surface area (Å²) in [5.74, 6) is -0.931. The summed E-state index contributed by atoms with van der Waals surface area (Å²) < 4.78 is 0. The summed E-state index contributed by atoms with van der Waals surface area (Å²) in [5, 5.41) is 38.3. The number of hydrogen-bond donors (Lipinski definition) is 6. The molecule has 0 saturated heterocycles. The van der Waals surface area contributed by atoms with Crippen molar-refractivity contribution in [3.63, 3.8) is 0 Å². The van der Waals surface area contributed by atoms with Crippen LogP contribution in [-0.2, 0) is 16.0 Å². The van der Waals surface area contributed by atoms with Gasteiger partial charge in [0.05, 0.1) is 22.4 Å². The van der Waals surface area contributed by atoms with Gasteiger partial charge in [0.2, 0.25) is 11.8 Å². The summed E-state index contributed by atoms with van der Waals surface area (Å²) >= 11 is 1.88. The summed E-state index contributed by atoms with van der Waals surface area (Å²) in [5.41, 5.74) is 1.51. The second kappa shape index (κ2) is 13.8. The molecule has 0 spiro atoms. The number of amides is 2. The Balaban J connectivity index is 1.36. The van der Waals surface area contributed by atoms with Gasteiger partial charge in [0.1, 0.15) is 0 Å². The molecule has 0 radical (unpaired) electrons. The Kier molecular flexibility index (Phi) is 10.5. The average molecular weight is 539 g/mol. The lowest BCUT2D eigenvalue weighted by Crippen LogP contribution is -2.32. The molecule has 2 aromatic heterocycles. The highest BCUT2D eigenvalue weighted by atomic mass is 32.2. The quantitative estimate of drug-likeness (QED) is 0.227. The fourth-order valence-corrected chi connectivity index (χ4v) is 5.51. The van der Waals surface area contributed by atoms with E-state index in [9.17, 15) is 9.59 Å². The number of carbonyl (C=O) groups is 2. The van der Waals surface area contributed by atoms with Crippen molar-refractivity contribution in [2.45, 2.75) is 44.9 Å². The van der Waals surface area contributed by atoms with Crippen molar-refractivity contribution in [1.82, 2.24) is 20.6 Å². The molecule has 1 fully saturated rings. The molecule has 3 unspecified atom stereocenters. The molecule has 12 heteroatoms. The zero-order valence-corrected chi connectivity index (χ0v) is 22.0. The van der Waals surface area contributed by atoms with Crippen LogP contribution in [0.2, 0.25) is 0 Å². The first-order valence-electron chi connectivity index (χ1n) is 11.8. The van der Waals surface area contributed by atoms with Gasteiger partial charge >= 0.3 is 0 Å². The van der Waals surface area contributed by atoms with Gasteiger partial charge in [0.25, 0.3) is 0 Å². The molecule has 0 bridgehead atoms. The maximum Gasteiger partial charge on any atom is 0.233 e. The molecule has 0 aromatic carbocycles. The number of thioether (sulfide) groups is 2. The van der Waals surface area contributed by atoms with Crippen molar-refractivity contribution in [1.29, 1.82) is 21.6 Å². The van der Waals surface area contributed by atoms with Crippen LogP contribution in [0.3, 0.4) is 0 Å². The first-order valence-corrected chi connectivity index (χ1v) is 13.4. The normalized spacial score (nSPS) is 17.4. The molecule has 2 heterocycles. The summed E-state index contributed by atoms with van der Waals surface area (Å²) in [4.78, 5) is 32.5. The Morgan fingerprint density at radius 2 is 1.70 bits per heavy atom. The minimum Gasteiger partial charge on any atom is -0.305 e. The highest BCUT2D eigenvalue weighted by molar-refractivity contribution is 8.26. The molecule has 37 heavy (non-hydrogen) atoms. The molecular weight excluding hydrogens is 508 g/mol. The molecule has 3 rings (SSSR count). The smallest absolute Gasteiger partial charge is 0.233 e. The summed E-state index contributed by atoms with van der Waals surface area (Å²) in [6.45, 7) is 1.74. The van der Waals surface area contributed by atoms with Crippen LogP contribution < -0.4 is 10.6 Å². The van der Waals surface area contributed by atoms with E-state index in [0.29, 0.717) is 22.9 Å². The molecule has 1 aliphatic carbocycles. The van der Waals surface area contributed by atoms with Crippen LogP contribution in [0.4, 0.5) is 0 Å². The van der Waals surface area contributed by atoms with E-state index in [1.54, 1.807) is 56.0 Å². The lowest BCUT2D eigenvalue weighted by molar-refractivity contribution is -0.121. The predicted molar refractivity (Wildman–Crippen MR) is 148 cm³/mol.